The number of nitrogens with two attached hydrogens (primary N) is 1. The molecule has 0 spiro atoms. The van der Waals surface area contributed by atoms with Crippen molar-refractivity contribution in [3.05, 3.63) is 65.0 Å². The van der Waals surface area contributed by atoms with Gasteiger partial charge in [0, 0.05) is 28.8 Å². The first-order valence-electron chi connectivity index (χ1n) is 7.12. The number of aromatic nitrogens is 2. The zero-order valence-electron chi connectivity index (χ0n) is 12.4. The van der Waals surface area contributed by atoms with Crippen LogP contribution in [-0.4, -0.2) is 10.2 Å². The minimum atomic E-state index is -0.613. The van der Waals surface area contributed by atoms with Gasteiger partial charge in [-0.05, 0) is 30.5 Å². The lowest BCUT2D eigenvalue weighted by atomic mass is 9.81. The number of aromatic amines is 1. The van der Waals surface area contributed by atoms with Gasteiger partial charge in [-0.15, -0.1) is 0 Å². The Morgan fingerprint density at radius 2 is 2.00 bits per heavy atom. The van der Waals surface area contributed by atoms with Gasteiger partial charge in [0.2, 0.25) is 0 Å². The molecular weight excluding hydrogens is 284 g/mol. The first-order chi connectivity index (χ1) is 10.5. The van der Waals surface area contributed by atoms with Gasteiger partial charge >= 0.3 is 0 Å². The summed E-state index contributed by atoms with van der Waals surface area (Å²) in [5.74, 6) is -0.997. The van der Waals surface area contributed by atoms with Gasteiger partial charge in [0.05, 0.1) is 11.9 Å². The van der Waals surface area contributed by atoms with Crippen molar-refractivity contribution in [2.75, 3.05) is 0 Å². The molecule has 3 N–H and O–H groups in total. The number of benzene rings is 1. The van der Waals surface area contributed by atoms with Crippen LogP contribution in [0.1, 0.15) is 25.3 Å². The fourth-order valence-electron chi connectivity index (χ4n) is 2.90. The van der Waals surface area contributed by atoms with E-state index < -0.39 is 11.6 Å². The Morgan fingerprint density at radius 1 is 1.23 bits per heavy atom. The summed E-state index contributed by atoms with van der Waals surface area (Å²) in [6.45, 7) is 4.05. The van der Waals surface area contributed by atoms with E-state index >= 15 is 0 Å². The van der Waals surface area contributed by atoms with Gasteiger partial charge in [0.1, 0.15) is 11.6 Å². The van der Waals surface area contributed by atoms with E-state index in [1.807, 2.05) is 13.0 Å². The molecule has 0 radical (unpaired) electrons. The van der Waals surface area contributed by atoms with Crippen molar-refractivity contribution in [2.24, 2.45) is 11.7 Å². The van der Waals surface area contributed by atoms with Crippen LogP contribution in [0.25, 0.3) is 11.3 Å². The van der Waals surface area contributed by atoms with E-state index in [1.54, 1.807) is 6.20 Å². The summed E-state index contributed by atoms with van der Waals surface area (Å²) >= 11 is 0. The molecule has 3 nitrogen and oxygen atoms in total. The maximum absolute atomic E-state index is 14.1. The summed E-state index contributed by atoms with van der Waals surface area (Å²) < 4.78 is 27.2. The molecule has 2 atom stereocenters. The Balaban J connectivity index is 2.07. The Bertz CT molecular complexity index is 774. The average molecular weight is 301 g/mol. The molecule has 1 aliphatic rings. The summed E-state index contributed by atoms with van der Waals surface area (Å²) in [5.41, 5.74) is 9.49. The highest BCUT2D eigenvalue weighted by Gasteiger charge is 2.25. The van der Waals surface area contributed by atoms with Crippen molar-refractivity contribution in [2.45, 2.75) is 19.8 Å². The third-order valence-corrected chi connectivity index (χ3v) is 4.12. The minimum absolute atomic E-state index is 0.00176. The van der Waals surface area contributed by atoms with Crippen LogP contribution < -0.4 is 5.73 Å². The molecule has 0 aliphatic heterocycles. The molecule has 1 aromatic carbocycles. The Hall–Kier alpha value is -2.43. The zero-order chi connectivity index (χ0) is 15.9. The highest BCUT2D eigenvalue weighted by Crippen LogP contribution is 2.38. The summed E-state index contributed by atoms with van der Waals surface area (Å²) in [7, 11) is 0. The Labute approximate surface area is 127 Å². The van der Waals surface area contributed by atoms with E-state index in [1.165, 1.54) is 12.1 Å². The number of H-pyrrole nitrogens is 1. The maximum Gasteiger partial charge on any atom is 0.135 e. The van der Waals surface area contributed by atoms with Gasteiger partial charge in [0.15, 0.2) is 0 Å². The first-order valence-corrected chi connectivity index (χ1v) is 7.12. The first kappa shape index (κ1) is 14.5. The minimum Gasteiger partial charge on any atom is -0.399 e. The SMILES string of the molecule is CC1=CC(C)C(c2cn[nH]c2-c2ccc(F)cc2F)C=C1N. The molecular formula is C17H17F2N3. The number of nitrogens with zero attached hydrogens (tertiary/aromatic N) is 1. The molecule has 2 unspecified atom stereocenters. The molecule has 2 aromatic rings. The quantitative estimate of drug-likeness (QED) is 0.884. The van der Waals surface area contributed by atoms with Gasteiger partial charge in [-0.25, -0.2) is 8.78 Å². The van der Waals surface area contributed by atoms with Crippen LogP contribution in [-0.2, 0) is 0 Å². The Morgan fingerprint density at radius 3 is 2.73 bits per heavy atom. The standard InChI is InChI=1S/C17H17F2N3/c1-9-5-10(2)16(20)7-13(9)14-8-21-22-17(14)12-4-3-11(18)6-15(12)19/h3-9,13H,20H2,1-2H3,(H,21,22). The topological polar surface area (TPSA) is 54.7 Å². The van der Waals surface area contributed by atoms with Crippen LogP contribution >= 0.6 is 0 Å². The molecule has 5 heteroatoms. The molecule has 0 saturated carbocycles. The number of halogens is 2. The number of allylic oxidation sites excluding steroid dienone is 3. The van der Waals surface area contributed by atoms with Crippen LogP contribution in [0.15, 0.2) is 47.8 Å². The molecule has 0 saturated heterocycles. The van der Waals surface area contributed by atoms with Gasteiger partial charge < -0.3 is 5.73 Å². The summed E-state index contributed by atoms with van der Waals surface area (Å²) in [6, 6.07) is 3.53. The van der Waals surface area contributed by atoms with E-state index in [0.29, 0.717) is 11.3 Å². The van der Waals surface area contributed by atoms with Gasteiger partial charge in [-0.1, -0.05) is 19.1 Å². The van der Waals surface area contributed by atoms with Crippen molar-refractivity contribution in [3.8, 4) is 11.3 Å². The number of nitrogens with one attached hydrogen (secondary N) is 1. The van der Waals surface area contributed by atoms with E-state index in [9.17, 15) is 8.78 Å². The van der Waals surface area contributed by atoms with Crippen molar-refractivity contribution in [1.29, 1.82) is 0 Å². The second-order valence-corrected chi connectivity index (χ2v) is 5.68. The molecule has 0 bridgehead atoms. The predicted molar refractivity (Wildman–Crippen MR) is 81.9 cm³/mol. The van der Waals surface area contributed by atoms with E-state index in [0.717, 1.165) is 22.9 Å². The monoisotopic (exact) mass is 301 g/mol. The second kappa shape index (κ2) is 5.40. The second-order valence-electron chi connectivity index (χ2n) is 5.68. The molecule has 1 aliphatic carbocycles. The van der Waals surface area contributed by atoms with Crippen LogP contribution in [0.3, 0.4) is 0 Å². The van der Waals surface area contributed by atoms with Crippen LogP contribution in [0.5, 0.6) is 0 Å². The highest BCUT2D eigenvalue weighted by atomic mass is 19.1. The lowest BCUT2D eigenvalue weighted by Gasteiger charge is -2.24. The maximum atomic E-state index is 14.1. The zero-order valence-corrected chi connectivity index (χ0v) is 12.4. The molecule has 114 valence electrons. The van der Waals surface area contributed by atoms with Gasteiger partial charge in [-0.2, -0.15) is 5.10 Å². The van der Waals surface area contributed by atoms with E-state index in [4.69, 9.17) is 5.73 Å². The van der Waals surface area contributed by atoms with Gasteiger partial charge in [-0.3, -0.25) is 5.10 Å². The van der Waals surface area contributed by atoms with Crippen molar-refractivity contribution in [3.63, 3.8) is 0 Å². The number of hydrogen-bond donors (Lipinski definition) is 2. The molecule has 1 heterocycles. The van der Waals surface area contributed by atoms with E-state index in [-0.39, 0.29) is 11.8 Å². The molecule has 1 aromatic heterocycles. The van der Waals surface area contributed by atoms with Crippen LogP contribution in [0.4, 0.5) is 8.78 Å². The molecule has 22 heavy (non-hydrogen) atoms. The van der Waals surface area contributed by atoms with Crippen LogP contribution in [0.2, 0.25) is 0 Å². The summed E-state index contributed by atoms with van der Waals surface area (Å²) in [4.78, 5) is 0. The molecule has 3 rings (SSSR count). The van der Waals surface area contributed by atoms with Gasteiger partial charge in [0.25, 0.3) is 0 Å². The third-order valence-electron chi connectivity index (χ3n) is 4.12. The van der Waals surface area contributed by atoms with Crippen molar-refractivity contribution < 1.29 is 8.78 Å². The number of hydrogen-bond acceptors (Lipinski definition) is 2. The normalized spacial score (nSPS) is 21.5. The highest BCUT2D eigenvalue weighted by molar-refractivity contribution is 5.65. The summed E-state index contributed by atoms with van der Waals surface area (Å²) in [5, 5.41) is 6.86. The van der Waals surface area contributed by atoms with Crippen molar-refractivity contribution >= 4 is 0 Å². The summed E-state index contributed by atoms with van der Waals surface area (Å²) in [6.07, 6.45) is 5.74. The number of rotatable bonds is 2. The predicted octanol–water partition coefficient (Wildman–Crippen LogP) is 3.88. The smallest absolute Gasteiger partial charge is 0.135 e. The fraction of sp³-hybridized carbons (Fsp3) is 0.235. The fourth-order valence-corrected chi connectivity index (χ4v) is 2.90. The largest absolute Gasteiger partial charge is 0.399 e. The third kappa shape index (κ3) is 2.43. The van der Waals surface area contributed by atoms with Crippen LogP contribution in [0, 0.1) is 17.6 Å². The molecule has 0 amide bonds. The lowest BCUT2D eigenvalue weighted by molar-refractivity contribution is 0.584. The van der Waals surface area contributed by atoms with Crippen molar-refractivity contribution in [1.82, 2.24) is 10.2 Å². The van der Waals surface area contributed by atoms with E-state index in [2.05, 4.69) is 23.2 Å². The molecule has 0 fully saturated rings. The average Bonchev–Trinajstić information content (AvgIpc) is 2.92. The Kier molecular flexibility index (Phi) is 3.56. The lowest BCUT2D eigenvalue weighted by Crippen LogP contribution is -2.15.